The summed E-state index contributed by atoms with van der Waals surface area (Å²) < 4.78 is 0. The number of carbonyl (C=O) groups excluding carboxylic acids is 1. The molecule has 0 saturated heterocycles. The monoisotopic (exact) mass is 518 g/mol. The molecule has 2 atom stereocenters. The van der Waals surface area contributed by atoms with Gasteiger partial charge < -0.3 is 21.5 Å². The van der Waals surface area contributed by atoms with Crippen LogP contribution in [0.5, 0.6) is 0 Å². The van der Waals surface area contributed by atoms with Crippen molar-refractivity contribution in [3.63, 3.8) is 0 Å². The molecule has 0 bridgehead atoms. The van der Waals surface area contributed by atoms with Crippen LogP contribution in [-0.2, 0) is 5.41 Å². The highest BCUT2D eigenvalue weighted by Crippen LogP contribution is 2.49. The first-order valence-electron chi connectivity index (χ1n) is 12.7. The fourth-order valence-electron chi connectivity index (χ4n) is 5.61. The normalized spacial score (nSPS) is 17.9. The molecule has 0 spiro atoms. The molecular formula is C32H30N4O3. The highest BCUT2D eigenvalue weighted by molar-refractivity contribution is 6.02. The van der Waals surface area contributed by atoms with Gasteiger partial charge in [0.25, 0.3) is 5.91 Å². The zero-order chi connectivity index (χ0) is 27.7. The highest BCUT2D eigenvalue weighted by Gasteiger charge is 2.39. The molecule has 1 aliphatic rings. The molecule has 196 valence electrons. The van der Waals surface area contributed by atoms with Crippen molar-refractivity contribution >= 4 is 23.4 Å². The predicted molar refractivity (Wildman–Crippen MR) is 154 cm³/mol. The molecule has 4 aromatic rings. The molecule has 1 amide bonds. The van der Waals surface area contributed by atoms with E-state index in [4.69, 9.17) is 11.1 Å². The van der Waals surface area contributed by atoms with Crippen LogP contribution < -0.4 is 16.4 Å². The van der Waals surface area contributed by atoms with Gasteiger partial charge in [0, 0.05) is 29.3 Å². The lowest BCUT2D eigenvalue weighted by molar-refractivity contribution is 0.0697. The van der Waals surface area contributed by atoms with Crippen LogP contribution in [0.3, 0.4) is 0 Å². The largest absolute Gasteiger partial charge is 0.478 e. The molecule has 2 unspecified atom stereocenters. The second kappa shape index (κ2) is 10.1. The van der Waals surface area contributed by atoms with E-state index in [1.807, 2.05) is 60.7 Å². The third-order valence-corrected chi connectivity index (χ3v) is 7.64. The van der Waals surface area contributed by atoms with Crippen molar-refractivity contribution in [1.82, 2.24) is 5.32 Å². The Bertz CT molecular complexity index is 1600. The SMILES string of the molecule is CNC(=O)c1ccc(-c2ccccc2C2CC(C)(c3ccccc3)c3cc(C(=N)N)ccc3N2)c(C(=O)O)c1. The minimum atomic E-state index is -1.10. The van der Waals surface area contributed by atoms with Crippen molar-refractivity contribution in [2.24, 2.45) is 5.73 Å². The van der Waals surface area contributed by atoms with Crippen LogP contribution in [0.4, 0.5) is 5.69 Å². The number of amidine groups is 1. The number of nitrogens with one attached hydrogen (secondary N) is 3. The summed E-state index contributed by atoms with van der Waals surface area (Å²) in [6, 6.07) is 28.5. The van der Waals surface area contributed by atoms with Crippen LogP contribution in [0.25, 0.3) is 11.1 Å². The first kappa shape index (κ1) is 25.7. The molecule has 7 heteroatoms. The first-order valence-corrected chi connectivity index (χ1v) is 12.7. The topological polar surface area (TPSA) is 128 Å². The third-order valence-electron chi connectivity index (χ3n) is 7.64. The maximum absolute atomic E-state index is 12.3. The van der Waals surface area contributed by atoms with Crippen LogP contribution in [0.2, 0.25) is 0 Å². The average molecular weight is 519 g/mol. The summed E-state index contributed by atoms with van der Waals surface area (Å²) in [5.41, 5.74) is 11.9. The number of nitrogen functional groups attached to an aromatic ring is 1. The Hall–Kier alpha value is -4.91. The van der Waals surface area contributed by atoms with Crippen LogP contribution in [0.1, 0.15) is 62.4 Å². The molecule has 0 radical (unpaired) electrons. The number of nitrogens with two attached hydrogens (primary N) is 1. The van der Waals surface area contributed by atoms with E-state index in [-0.39, 0.29) is 23.3 Å². The van der Waals surface area contributed by atoms with Crippen LogP contribution in [-0.4, -0.2) is 29.9 Å². The van der Waals surface area contributed by atoms with Crippen molar-refractivity contribution in [1.29, 1.82) is 5.41 Å². The van der Waals surface area contributed by atoms with Gasteiger partial charge in [0.1, 0.15) is 5.84 Å². The predicted octanol–water partition coefficient (Wildman–Crippen LogP) is 5.56. The molecule has 5 rings (SSSR count). The summed E-state index contributed by atoms with van der Waals surface area (Å²) in [7, 11) is 1.52. The van der Waals surface area contributed by atoms with Crippen molar-refractivity contribution in [3.8, 4) is 11.1 Å². The number of anilines is 1. The number of rotatable bonds is 6. The molecule has 6 N–H and O–H groups in total. The molecule has 0 saturated carbocycles. The minimum Gasteiger partial charge on any atom is -0.478 e. The molecule has 1 aliphatic heterocycles. The van der Waals surface area contributed by atoms with Crippen molar-refractivity contribution in [2.45, 2.75) is 24.8 Å². The molecular weight excluding hydrogens is 488 g/mol. The van der Waals surface area contributed by atoms with Crippen molar-refractivity contribution in [3.05, 3.63) is 124 Å². The van der Waals surface area contributed by atoms with Gasteiger partial charge in [-0.2, -0.15) is 0 Å². The van der Waals surface area contributed by atoms with Gasteiger partial charge >= 0.3 is 5.97 Å². The second-order valence-electron chi connectivity index (χ2n) is 10.0. The van der Waals surface area contributed by atoms with E-state index in [0.29, 0.717) is 23.1 Å². The number of hydrogen-bond donors (Lipinski definition) is 5. The Balaban J connectivity index is 1.67. The molecule has 7 nitrogen and oxygen atoms in total. The number of carboxylic acids is 1. The standard InChI is InChI=1S/C32H30N4O3/c1-32(21-8-4-3-5-9-21)18-28(36-27-15-13-19(29(33)34)17-26(27)32)24-11-7-6-10-22(24)23-14-12-20(30(37)35-2)16-25(23)31(38)39/h3-17,28,36H,18H2,1-2H3,(H3,33,34)(H,35,37)(H,38,39). The van der Waals surface area contributed by atoms with E-state index < -0.39 is 11.4 Å². The van der Waals surface area contributed by atoms with E-state index in [9.17, 15) is 14.7 Å². The number of hydrogen-bond acceptors (Lipinski definition) is 4. The summed E-state index contributed by atoms with van der Waals surface area (Å²) in [5, 5.41) is 24.3. The number of fused-ring (bicyclic) bond motifs is 1. The van der Waals surface area contributed by atoms with Gasteiger partial charge in [0.15, 0.2) is 0 Å². The lowest BCUT2D eigenvalue weighted by Crippen LogP contribution is -2.35. The molecule has 4 aromatic carbocycles. The summed E-state index contributed by atoms with van der Waals surface area (Å²) in [4.78, 5) is 24.5. The van der Waals surface area contributed by atoms with Gasteiger partial charge in [-0.25, -0.2) is 4.79 Å². The van der Waals surface area contributed by atoms with E-state index in [0.717, 1.165) is 27.9 Å². The zero-order valence-electron chi connectivity index (χ0n) is 21.8. The van der Waals surface area contributed by atoms with Crippen LogP contribution >= 0.6 is 0 Å². The number of benzene rings is 4. The Morgan fingerprint density at radius 1 is 0.949 bits per heavy atom. The maximum atomic E-state index is 12.3. The summed E-state index contributed by atoms with van der Waals surface area (Å²) >= 11 is 0. The molecule has 0 aliphatic carbocycles. The molecule has 0 aromatic heterocycles. The Morgan fingerprint density at radius 2 is 1.64 bits per heavy atom. The zero-order valence-corrected chi connectivity index (χ0v) is 21.8. The Labute approximate surface area is 227 Å². The number of carboxylic acid groups (broad SMARTS) is 1. The first-order chi connectivity index (χ1) is 18.7. The van der Waals surface area contributed by atoms with E-state index in [2.05, 4.69) is 29.7 Å². The van der Waals surface area contributed by atoms with Crippen LogP contribution in [0, 0.1) is 5.41 Å². The van der Waals surface area contributed by atoms with E-state index in [1.165, 1.54) is 13.1 Å². The van der Waals surface area contributed by atoms with Gasteiger partial charge in [-0.3, -0.25) is 10.2 Å². The fraction of sp³-hybridized carbons (Fsp3) is 0.156. The van der Waals surface area contributed by atoms with Gasteiger partial charge in [0.05, 0.1) is 11.6 Å². The molecule has 1 heterocycles. The van der Waals surface area contributed by atoms with Gasteiger partial charge in [0.2, 0.25) is 0 Å². The van der Waals surface area contributed by atoms with Gasteiger partial charge in [-0.05, 0) is 64.6 Å². The lowest BCUT2D eigenvalue weighted by Gasteiger charge is -2.42. The summed E-state index contributed by atoms with van der Waals surface area (Å²) in [6.07, 6.45) is 0.682. The van der Waals surface area contributed by atoms with Gasteiger partial charge in [-0.1, -0.05) is 67.6 Å². The molecule has 39 heavy (non-hydrogen) atoms. The molecule has 0 fully saturated rings. The van der Waals surface area contributed by atoms with Crippen LogP contribution in [0.15, 0.2) is 91.0 Å². The minimum absolute atomic E-state index is 0.0158. The smallest absolute Gasteiger partial charge is 0.336 e. The number of aromatic carboxylic acids is 1. The average Bonchev–Trinajstić information content (AvgIpc) is 2.96. The van der Waals surface area contributed by atoms with Crippen molar-refractivity contribution in [2.75, 3.05) is 12.4 Å². The summed E-state index contributed by atoms with van der Waals surface area (Å²) in [5.74, 6) is -1.42. The van der Waals surface area contributed by atoms with Gasteiger partial charge in [-0.15, -0.1) is 0 Å². The second-order valence-corrected chi connectivity index (χ2v) is 10.0. The number of amides is 1. The third kappa shape index (κ3) is 4.63. The highest BCUT2D eigenvalue weighted by atomic mass is 16.4. The Morgan fingerprint density at radius 3 is 2.33 bits per heavy atom. The van der Waals surface area contributed by atoms with E-state index in [1.54, 1.807) is 12.1 Å². The lowest BCUT2D eigenvalue weighted by atomic mass is 9.67. The maximum Gasteiger partial charge on any atom is 0.336 e. The Kier molecular flexibility index (Phi) is 6.66. The summed E-state index contributed by atoms with van der Waals surface area (Å²) in [6.45, 7) is 2.20. The number of carbonyl (C=O) groups is 2. The quantitative estimate of drug-likeness (QED) is 0.169. The van der Waals surface area contributed by atoms with Crippen molar-refractivity contribution < 1.29 is 14.7 Å². The fourth-order valence-corrected chi connectivity index (χ4v) is 5.61. The van der Waals surface area contributed by atoms with E-state index >= 15 is 0 Å².